The van der Waals surface area contributed by atoms with Crippen molar-refractivity contribution in [3.05, 3.63) is 97.2 Å². The second-order valence-corrected chi connectivity index (χ2v) is 16.0. The van der Waals surface area contributed by atoms with Crippen molar-refractivity contribution in [3.63, 3.8) is 0 Å². The number of carbonyl (C=O) groups is 3. The van der Waals surface area contributed by atoms with Crippen molar-refractivity contribution in [2.45, 2.75) is 219 Å². The average molecular weight is 847 g/mol. The molecule has 6 heteroatoms. The van der Waals surface area contributed by atoms with Gasteiger partial charge in [-0.05, 0) is 96.3 Å². The van der Waals surface area contributed by atoms with E-state index >= 15 is 0 Å². The molecule has 0 saturated heterocycles. The van der Waals surface area contributed by atoms with E-state index < -0.39 is 6.10 Å². The van der Waals surface area contributed by atoms with Gasteiger partial charge in [-0.3, -0.25) is 14.4 Å². The second-order valence-electron chi connectivity index (χ2n) is 16.0. The fraction of sp³-hybridized carbons (Fsp3) is 0.655. The molecule has 0 aromatic carbocycles. The minimum Gasteiger partial charge on any atom is -0.462 e. The van der Waals surface area contributed by atoms with E-state index in [0.29, 0.717) is 12.8 Å². The number of carbonyl (C=O) groups excluding carboxylic acids is 3. The van der Waals surface area contributed by atoms with E-state index in [1.54, 1.807) is 0 Å². The summed E-state index contributed by atoms with van der Waals surface area (Å²) in [7, 11) is 0. The van der Waals surface area contributed by atoms with Crippen molar-refractivity contribution >= 4 is 17.9 Å². The molecule has 61 heavy (non-hydrogen) atoms. The van der Waals surface area contributed by atoms with Gasteiger partial charge < -0.3 is 14.2 Å². The van der Waals surface area contributed by atoms with Crippen molar-refractivity contribution in [1.29, 1.82) is 0 Å². The predicted octanol–water partition coefficient (Wildman–Crippen LogP) is 16.2. The van der Waals surface area contributed by atoms with Crippen molar-refractivity contribution in [1.82, 2.24) is 0 Å². The molecule has 0 heterocycles. The van der Waals surface area contributed by atoms with Crippen LogP contribution >= 0.6 is 0 Å². The third kappa shape index (κ3) is 47.2. The van der Waals surface area contributed by atoms with Crippen LogP contribution in [0.25, 0.3) is 0 Å². The lowest BCUT2D eigenvalue weighted by atomic mass is 10.1. The zero-order valence-corrected chi connectivity index (χ0v) is 39.4. The van der Waals surface area contributed by atoms with Crippen molar-refractivity contribution < 1.29 is 28.6 Å². The summed E-state index contributed by atoms with van der Waals surface area (Å²) in [5, 5.41) is 0. The van der Waals surface area contributed by atoms with Gasteiger partial charge in [-0.15, -0.1) is 0 Å². The third-order valence-corrected chi connectivity index (χ3v) is 10.1. The maximum Gasteiger partial charge on any atom is 0.306 e. The van der Waals surface area contributed by atoms with Gasteiger partial charge >= 0.3 is 17.9 Å². The minimum atomic E-state index is -0.804. The second kappa shape index (κ2) is 49.0. The van der Waals surface area contributed by atoms with Crippen LogP contribution in [0.15, 0.2) is 97.2 Å². The van der Waals surface area contributed by atoms with Crippen LogP contribution in [0, 0.1) is 0 Å². The van der Waals surface area contributed by atoms with Crippen LogP contribution in [0.1, 0.15) is 213 Å². The summed E-state index contributed by atoms with van der Waals surface area (Å²) in [5.74, 6) is -0.969. The zero-order chi connectivity index (χ0) is 44.4. The van der Waals surface area contributed by atoms with Gasteiger partial charge in [0.2, 0.25) is 0 Å². The van der Waals surface area contributed by atoms with Gasteiger partial charge in [0.05, 0.1) is 0 Å². The van der Waals surface area contributed by atoms with E-state index in [1.165, 1.54) is 51.4 Å². The maximum absolute atomic E-state index is 12.7. The van der Waals surface area contributed by atoms with Gasteiger partial charge in [0.15, 0.2) is 6.10 Å². The highest BCUT2D eigenvalue weighted by Gasteiger charge is 2.19. The molecule has 0 bridgehead atoms. The van der Waals surface area contributed by atoms with E-state index in [4.69, 9.17) is 14.2 Å². The summed E-state index contributed by atoms with van der Waals surface area (Å²) in [5.41, 5.74) is 0. The highest BCUT2D eigenvalue weighted by atomic mass is 16.6. The average Bonchev–Trinajstić information content (AvgIpc) is 3.26. The standard InChI is InChI=1S/C55H90O6/c1-4-7-10-13-16-19-22-24-25-26-27-28-29-31-33-36-39-42-45-48-54(57)60-51-52(50-59-53(56)47-44-41-38-35-32-21-18-15-12-9-6-3)61-55(58)49-46-43-40-37-34-30-23-20-17-14-11-8-5-2/h7-8,10-11,16-17,19-20,24-25,27-28,30-31,33-34,52H,4-6,9,12-15,18,21-23,26,29,32,35-51H2,1-3H3/b10-7-,11-8-,19-16-,20-17-,25-24-,28-27-,33-31-,34-30-. The van der Waals surface area contributed by atoms with Gasteiger partial charge in [0, 0.05) is 19.3 Å². The van der Waals surface area contributed by atoms with Crippen LogP contribution in [0.2, 0.25) is 0 Å². The molecule has 0 aromatic rings. The monoisotopic (exact) mass is 847 g/mol. The molecule has 1 unspecified atom stereocenters. The molecule has 0 fully saturated rings. The summed E-state index contributed by atoms with van der Waals surface area (Å²) in [6, 6.07) is 0. The molecule has 0 radical (unpaired) electrons. The third-order valence-electron chi connectivity index (χ3n) is 10.1. The Balaban J connectivity index is 4.47. The zero-order valence-electron chi connectivity index (χ0n) is 39.4. The fourth-order valence-corrected chi connectivity index (χ4v) is 6.42. The lowest BCUT2D eigenvalue weighted by molar-refractivity contribution is -0.167. The van der Waals surface area contributed by atoms with Crippen LogP contribution in [-0.2, 0) is 28.6 Å². The molecule has 6 nitrogen and oxygen atoms in total. The van der Waals surface area contributed by atoms with Crippen LogP contribution in [0.3, 0.4) is 0 Å². The van der Waals surface area contributed by atoms with E-state index in [2.05, 4.69) is 118 Å². The first-order chi connectivity index (χ1) is 30.0. The Morgan fingerprint density at radius 1 is 0.344 bits per heavy atom. The Labute approximate surface area is 375 Å². The largest absolute Gasteiger partial charge is 0.462 e. The van der Waals surface area contributed by atoms with E-state index in [0.717, 1.165) is 122 Å². The Hall–Kier alpha value is -3.67. The number of hydrogen-bond donors (Lipinski definition) is 0. The highest BCUT2D eigenvalue weighted by Crippen LogP contribution is 2.13. The van der Waals surface area contributed by atoms with Gasteiger partial charge in [-0.2, -0.15) is 0 Å². The Morgan fingerprint density at radius 2 is 0.639 bits per heavy atom. The van der Waals surface area contributed by atoms with Gasteiger partial charge in [0.25, 0.3) is 0 Å². The first-order valence-corrected chi connectivity index (χ1v) is 24.7. The summed E-state index contributed by atoms with van der Waals surface area (Å²) in [6.07, 6.45) is 63.9. The summed E-state index contributed by atoms with van der Waals surface area (Å²) < 4.78 is 16.7. The molecule has 0 rings (SSSR count). The van der Waals surface area contributed by atoms with E-state index in [9.17, 15) is 14.4 Å². The number of allylic oxidation sites excluding steroid dienone is 16. The maximum atomic E-state index is 12.7. The summed E-state index contributed by atoms with van der Waals surface area (Å²) in [6.45, 7) is 6.33. The number of ether oxygens (including phenoxy) is 3. The van der Waals surface area contributed by atoms with E-state index in [1.807, 2.05) is 0 Å². The van der Waals surface area contributed by atoms with Crippen LogP contribution in [0.4, 0.5) is 0 Å². The number of rotatable bonds is 43. The molecule has 1 atom stereocenters. The summed E-state index contributed by atoms with van der Waals surface area (Å²) in [4.78, 5) is 37.9. The van der Waals surface area contributed by atoms with Crippen LogP contribution in [0.5, 0.6) is 0 Å². The van der Waals surface area contributed by atoms with Gasteiger partial charge in [-0.25, -0.2) is 0 Å². The molecule has 0 aliphatic carbocycles. The van der Waals surface area contributed by atoms with Gasteiger partial charge in [-0.1, -0.05) is 195 Å². The number of esters is 3. The highest BCUT2D eigenvalue weighted by molar-refractivity contribution is 5.71. The van der Waals surface area contributed by atoms with Crippen molar-refractivity contribution in [2.75, 3.05) is 13.2 Å². The molecule has 0 amide bonds. The predicted molar refractivity (Wildman–Crippen MR) is 260 cm³/mol. The van der Waals surface area contributed by atoms with Crippen LogP contribution < -0.4 is 0 Å². The quantitative estimate of drug-likeness (QED) is 0.0263. The normalized spacial score (nSPS) is 12.9. The fourth-order valence-electron chi connectivity index (χ4n) is 6.42. The van der Waals surface area contributed by atoms with E-state index in [-0.39, 0.29) is 37.5 Å². The molecular formula is C55H90O6. The first-order valence-electron chi connectivity index (χ1n) is 24.7. The topological polar surface area (TPSA) is 78.9 Å². The van der Waals surface area contributed by atoms with Gasteiger partial charge in [0.1, 0.15) is 13.2 Å². The molecular weight excluding hydrogens is 757 g/mol. The Morgan fingerprint density at radius 3 is 1.00 bits per heavy atom. The lowest BCUT2D eigenvalue weighted by Gasteiger charge is -2.18. The lowest BCUT2D eigenvalue weighted by Crippen LogP contribution is -2.30. The Bertz CT molecular complexity index is 1250. The first kappa shape index (κ1) is 57.3. The van der Waals surface area contributed by atoms with Crippen LogP contribution in [-0.4, -0.2) is 37.2 Å². The van der Waals surface area contributed by atoms with Crippen molar-refractivity contribution in [3.8, 4) is 0 Å². The van der Waals surface area contributed by atoms with Crippen molar-refractivity contribution in [2.24, 2.45) is 0 Å². The molecule has 0 aliphatic rings. The SMILES string of the molecule is CC/C=C\C/C=C\C/C=C\C/C=C\C/C=C\CCCCCC(=O)OCC(COC(=O)CCCCCCCCCCCCC)OC(=O)CCCCC/C=C\C/C=C\C/C=C\CC. The molecule has 0 aliphatic heterocycles. The summed E-state index contributed by atoms with van der Waals surface area (Å²) >= 11 is 0. The number of unbranched alkanes of at least 4 members (excludes halogenated alkanes) is 16. The molecule has 0 spiro atoms. The molecule has 0 N–H and O–H groups in total. The smallest absolute Gasteiger partial charge is 0.306 e. The Kier molecular flexibility index (Phi) is 46.0. The number of hydrogen-bond acceptors (Lipinski definition) is 6. The molecule has 346 valence electrons. The minimum absolute atomic E-state index is 0.0999. The molecule has 0 aromatic heterocycles. The molecule has 0 saturated carbocycles.